The molecule has 256 valence electrons. The normalized spacial score (nSPS) is 26.3. The zero-order valence-corrected chi connectivity index (χ0v) is 29.3. The van der Waals surface area contributed by atoms with Crippen LogP contribution in [0.3, 0.4) is 0 Å². The highest BCUT2D eigenvalue weighted by Gasteiger charge is 2.51. The Morgan fingerprint density at radius 1 is 1.18 bits per heavy atom. The predicted octanol–water partition coefficient (Wildman–Crippen LogP) is 7.97. The Balaban J connectivity index is 1.25. The first-order chi connectivity index (χ1) is 24.2. The summed E-state index contributed by atoms with van der Waals surface area (Å²) in [5, 5.41) is 25.2. The van der Waals surface area contributed by atoms with Crippen LogP contribution in [-0.4, -0.2) is 52.2 Å². The number of ether oxygens (including phenoxy) is 1. The zero-order valence-electron chi connectivity index (χ0n) is 27.8. The molecule has 50 heavy (non-hydrogen) atoms. The monoisotopic (exact) mass is 710 g/mol. The quantitative estimate of drug-likeness (QED) is 0.189. The van der Waals surface area contributed by atoms with E-state index >= 15 is 4.39 Å². The van der Waals surface area contributed by atoms with Crippen molar-refractivity contribution in [3.8, 4) is 23.3 Å². The van der Waals surface area contributed by atoms with Crippen molar-refractivity contribution in [3.05, 3.63) is 63.1 Å². The lowest BCUT2D eigenvalue weighted by Gasteiger charge is -2.39. The van der Waals surface area contributed by atoms with E-state index in [4.69, 9.17) is 32.9 Å². The average Bonchev–Trinajstić information content (AvgIpc) is 3.89. The third-order valence-electron chi connectivity index (χ3n) is 11.9. The van der Waals surface area contributed by atoms with Crippen LogP contribution in [-0.2, 0) is 16.0 Å². The van der Waals surface area contributed by atoms with Crippen LogP contribution >= 0.6 is 23.2 Å². The molecule has 2 aromatic heterocycles. The number of rotatable bonds is 9. The summed E-state index contributed by atoms with van der Waals surface area (Å²) in [6, 6.07) is 14.2. The molecule has 0 unspecified atom stereocenters. The Morgan fingerprint density at radius 2 is 2.00 bits per heavy atom. The van der Waals surface area contributed by atoms with E-state index in [-0.39, 0.29) is 53.0 Å². The van der Waals surface area contributed by atoms with Gasteiger partial charge in [-0.05, 0) is 75.1 Å². The van der Waals surface area contributed by atoms with Crippen LogP contribution in [0, 0.1) is 52.7 Å². The first-order valence-electron chi connectivity index (χ1n) is 17.8. The van der Waals surface area contributed by atoms with Crippen molar-refractivity contribution in [2.24, 2.45) is 17.3 Å². The summed E-state index contributed by atoms with van der Waals surface area (Å²) in [4.78, 5) is 20.8. The van der Waals surface area contributed by atoms with Crippen molar-refractivity contribution in [1.82, 2.24) is 19.8 Å². The first kappa shape index (κ1) is 32.2. The standard InChI is InChI=1S/C39H37Cl2FN6O2/c1-20-26-15-31(30-14-24(50-19-39(18-44)9-10-39)17-47(30)38(49)21-7-8-21)48(36-23-13-29(36)45-16-23)37(26)27-12-22(4-3-11-43)32(34(42)35(27)46-20)25-5-2-6-28(40)33(25)41/h2,5-6,12,15,21,23-24,29-30,36,45H,3-4,7-10,13-14,16-17,19H2,1H3/t23-,24+,29-,30-,36+/m1/s1. The van der Waals surface area contributed by atoms with Crippen LogP contribution in [0.4, 0.5) is 4.39 Å². The third-order valence-corrected chi connectivity index (χ3v) is 12.8. The van der Waals surface area contributed by atoms with Crippen molar-refractivity contribution >= 4 is 50.9 Å². The molecular formula is C39H37Cl2FN6O2. The van der Waals surface area contributed by atoms with E-state index < -0.39 is 11.2 Å². The maximum Gasteiger partial charge on any atom is 0.226 e. The van der Waals surface area contributed by atoms with Gasteiger partial charge in [-0.2, -0.15) is 10.5 Å². The van der Waals surface area contributed by atoms with Crippen LogP contribution < -0.4 is 5.32 Å². The van der Waals surface area contributed by atoms with E-state index in [2.05, 4.69) is 28.1 Å². The number of benzene rings is 2. The highest BCUT2D eigenvalue weighted by molar-refractivity contribution is 6.43. The zero-order chi connectivity index (χ0) is 34.5. The second-order valence-electron chi connectivity index (χ2n) is 15.1. The van der Waals surface area contributed by atoms with Crippen molar-refractivity contribution < 1.29 is 13.9 Å². The number of carbonyl (C=O) groups excluding carboxylic acids is 1. The van der Waals surface area contributed by atoms with E-state index in [1.165, 1.54) is 0 Å². The van der Waals surface area contributed by atoms with Crippen LogP contribution in [0.15, 0.2) is 30.3 Å². The summed E-state index contributed by atoms with van der Waals surface area (Å²) in [6.07, 6.45) is 5.59. The van der Waals surface area contributed by atoms with Gasteiger partial charge < -0.3 is 19.5 Å². The minimum Gasteiger partial charge on any atom is -0.375 e. The van der Waals surface area contributed by atoms with E-state index in [0.29, 0.717) is 64.7 Å². The number of hydrogen-bond acceptors (Lipinski definition) is 6. The van der Waals surface area contributed by atoms with Gasteiger partial charge in [0.1, 0.15) is 5.52 Å². The van der Waals surface area contributed by atoms with Crippen molar-refractivity contribution in [3.63, 3.8) is 0 Å². The van der Waals surface area contributed by atoms with Gasteiger partial charge in [-0.3, -0.25) is 4.79 Å². The van der Waals surface area contributed by atoms with Crippen molar-refractivity contribution in [1.29, 1.82) is 10.5 Å². The lowest BCUT2D eigenvalue weighted by molar-refractivity contribution is -0.134. The van der Waals surface area contributed by atoms with E-state index in [1.54, 1.807) is 18.2 Å². The average molecular weight is 712 g/mol. The second kappa shape index (κ2) is 11.9. The lowest BCUT2D eigenvalue weighted by Crippen LogP contribution is -2.41. The molecule has 0 radical (unpaired) electrons. The molecule has 3 saturated carbocycles. The number of carbonyl (C=O) groups is 1. The van der Waals surface area contributed by atoms with Crippen LogP contribution in [0.2, 0.25) is 10.0 Å². The number of hydrogen-bond donors (Lipinski definition) is 1. The van der Waals surface area contributed by atoms with Gasteiger partial charge >= 0.3 is 0 Å². The summed E-state index contributed by atoms with van der Waals surface area (Å²) >= 11 is 13.1. The maximum atomic E-state index is 17.1. The minimum atomic E-state index is -0.486. The number of aryl methyl sites for hydroxylation is 2. The Labute approximate surface area is 300 Å². The predicted molar refractivity (Wildman–Crippen MR) is 189 cm³/mol. The SMILES string of the molecule is Cc1nc2c(F)c(-c3cccc(Cl)c3Cl)c(CCC#N)cc2c2c1cc([C@H]1C[C@H](OCC3(C#N)CC3)CN1C(=O)C1CC1)n2[C@H]1[C@H]2CN[C@@H]1C2. The van der Waals surface area contributed by atoms with E-state index in [1.807, 2.05) is 17.9 Å². The fourth-order valence-corrected chi connectivity index (χ4v) is 9.22. The van der Waals surface area contributed by atoms with Crippen molar-refractivity contribution in [2.75, 3.05) is 19.7 Å². The molecule has 1 N–H and O–H groups in total. The highest BCUT2D eigenvalue weighted by Crippen LogP contribution is 2.52. The summed E-state index contributed by atoms with van der Waals surface area (Å²) in [5.41, 5.74) is 3.96. The molecule has 3 aliphatic carbocycles. The summed E-state index contributed by atoms with van der Waals surface area (Å²) in [5.74, 6) is 0.139. The smallest absolute Gasteiger partial charge is 0.226 e. The van der Waals surface area contributed by atoms with E-state index in [9.17, 15) is 15.3 Å². The lowest BCUT2D eigenvalue weighted by atomic mass is 9.79. The molecule has 11 heteroatoms. The topological polar surface area (TPSA) is 107 Å². The summed E-state index contributed by atoms with van der Waals surface area (Å²) in [6.45, 7) is 3.72. The molecule has 8 nitrogen and oxygen atoms in total. The van der Waals surface area contributed by atoms with Gasteiger partial charge in [-0.25, -0.2) is 9.37 Å². The van der Waals surface area contributed by atoms with Gasteiger partial charge in [-0.1, -0.05) is 35.3 Å². The van der Waals surface area contributed by atoms with Gasteiger partial charge in [0, 0.05) is 71.2 Å². The number of pyridine rings is 1. The first-order valence-corrected chi connectivity index (χ1v) is 18.5. The van der Waals surface area contributed by atoms with Gasteiger partial charge in [-0.15, -0.1) is 0 Å². The number of nitrogens with zero attached hydrogens (tertiary/aromatic N) is 5. The highest BCUT2D eigenvalue weighted by atomic mass is 35.5. The van der Waals surface area contributed by atoms with Gasteiger partial charge in [0.25, 0.3) is 0 Å². The number of likely N-dealkylation sites (tertiary alicyclic amines) is 1. The molecule has 6 aliphatic rings. The number of nitrogens with one attached hydrogen (secondary N) is 1. The summed E-state index contributed by atoms with van der Waals surface area (Å²) in [7, 11) is 0. The van der Waals surface area contributed by atoms with Crippen LogP contribution in [0.5, 0.6) is 0 Å². The molecule has 3 saturated heterocycles. The van der Waals surface area contributed by atoms with Gasteiger partial charge in [0.2, 0.25) is 5.91 Å². The Morgan fingerprint density at radius 3 is 2.68 bits per heavy atom. The summed E-state index contributed by atoms with van der Waals surface area (Å²) < 4.78 is 26.0. The molecule has 2 aromatic carbocycles. The van der Waals surface area contributed by atoms with Crippen molar-refractivity contribution in [2.45, 2.75) is 82.5 Å². The number of fused-ring (bicyclic) bond motifs is 4. The maximum absolute atomic E-state index is 17.1. The molecule has 2 bridgehead atoms. The molecule has 0 spiro atoms. The molecule has 10 rings (SSSR count). The van der Waals surface area contributed by atoms with E-state index in [0.717, 1.165) is 55.2 Å². The number of halogens is 3. The number of aromatic nitrogens is 2. The fourth-order valence-electron chi connectivity index (χ4n) is 8.82. The largest absolute Gasteiger partial charge is 0.375 e. The molecule has 6 fully saturated rings. The molecule has 1 amide bonds. The molecule has 4 aromatic rings. The molecule has 5 atom stereocenters. The fraction of sp³-hybridized carbons (Fsp3) is 0.487. The number of nitriles is 2. The second-order valence-corrected chi connectivity index (χ2v) is 15.9. The Bertz CT molecular complexity index is 2170. The minimum absolute atomic E-state index is 0.0438. The van der Waals surface area contributed by atoms with Crippen LogP contribution in [0.25, 0.3) is 32.9 Å². The van der Waals surface area contributed by atoms with Gasteiger partial charge in [0.15, 0.2) is 5.82 Å². The van der Waals surface area contributed by atoms with Gasteiger partial charge in [0.05, 0.1) is 57.9 Å². The Kier molecular flexibility index (Phi) is 7.68. The van der Waals surface area contributed by atoms with Crippen LogP contribution in [0.1, 0.15) is 74.0 Å². The molecular weight excluding hydrogens is 674 g/mol. The molecule has 3 aliphatic heterocycles. The molecule has 5 heterocycles. The number of amides is 1. The Hall–Kier alpha value is -3.73. The third kappa shape index (κ3) is 5.04.